The summed E-state index contributed by atoms with van der Waals surface area (Å²) in [4.78, 5) is 1.01. The fourth-order valence-electron chi connectivity index (χ4n) is 3.11. The Bertz CT molecular complexity index is 920. The summed E-state index contributed by atoms with van der Waals surface area (Å²) in [6.07, 6.45) is 0. The van der Waals surface area contributed by atoms with E-state index < -0.39 is 0 Å². The molecule has 4 rings (SSSR count). The first kappa shape index (κ1) is 19.6. The first-order chi connectivity index (χ1) is 12.3. The number of hydrogen-bond donors (Lipinski definition) is 1. The topological polar surface area (TPSA) is 0 Å². The van der Waals surface area contributed by atoms with Gasteiger partial charge in [0.25, 0.3) is 0 Å². The van der Waals surface area contributed by atoms with E-state index in [2.05, 4.69) is 84.9 Å². The quantitative estimate of drug-likeness (QED) is 0.302. The molecule has 121 valence electrons. The molecule has 0 amide bonds. The standard InChI is InChI=1S/C24H18S.K/c25-24-22(19-12-6-2-7-13-19)16-21(18-10-4-1-5-11-18)17-23(24)20-14-8-3-9-15-20;/h1-17,25H;. The minimum Gasteiger partial charge on any atom is -0.142 e. The van der Waals surface area contributed by atoms with E-state index in [9.17, 15) is 0 Å². The molecule has 0 bridgehead atoms. The summed E-state index contributed by atoms with van der Waals surface area (Å²) in [5.41, 5.74) is 7.10. The maximum absolute atomic E-state index is 4.89. The Morgan fingerprint density at radius 3 is 1.15 bits per heavy atom. The molecular weight excluding hydrogens is 359 g/mol. The molecule has 0 unspecified atom stereocenters. The van der Waals surface area contributed by atoms with Gasteiger partial charge < -0.3 is 0 Å². The third-order valence-corrected chi connectivity index (χ3v) is 4.87. The van der Waals surface area contributed by atoms with E-state index in [1.54, 1.807) is 0 Å². The Labute approximate surface area is 203 Å². The Balaban J connectivity index is 0.00000196. The second kappa shape index (κ2) is 9.18. The Kier molecular flexibility index (Phi) is 6.93. The fraction of sp³-hybridized carbons (Fsp3) is 0. The molecule has 0 nitrogen and oxygen atoms in total. The molecule has 0 heterocycles. The van der Waals surface area contributed by atoms with E-state index in [4.69, 9.17) is 12.6 Å². The molecule has 0 aliphatic rings. The monoisotopic (exact) mass is 377 g/mol. The van der Waals surface area contributed by atoms with Crippen molar-refractivity contribution in [1.82, 2.24) is 0 Å². The molecule has 4 aromatic rings. The van der Waals surface area contributed by atoms with E-state index in [1.165, 1.54) is 22.3 Å². The van der Waals surface area contributed by atoms with Crippen LogP contribution in [-0.2, 0) is 0 Å². The van der Waals surface area contributed by atoms with Crippen LogP contribution in [0.1, 0.15) is 0 Å². The van der Waals surface area contributed by atoms with Crippen molar-refractivity contribution in [2.24, 2.45) is 0 Å². The minimum atomic E-state index is 0. The maximum Gasteiger partial charge on any atom is 0.0198 e. The predicted octanol–water partition coefficient (Wildman–Crippen LogP) is 6.60. The molecule has 4 aromatic carbocycles. The van der Waals surface area contributed by atoms with E-state index in [1.807, 2.05) is 18.2 Å². The Morgan fingerprint density at radius 2 is 0.769 bits per heavy atom. The van der Waals surface area contributed by atoms with Crippen LogP contribution in [0.15, 0.2) is 108 Å². The van der Waals surface area contributed by atoms with Crippen LogP contribution >= 0.6 is 12.6 Å². The molecule has 0 atom stereocenters. The molecule has 26 heavy (non-hydrogen) atoms. The van der Waals surface area contributed by atoms with Crippen molar-refractivity contribution in [2.75, 3.05) is 0 Å². The number of benzene rings is 4. The van der Waals surface area contributed by atoms with Crippen LogP contribution in [0, 0.1) is 0 Å². The van der Waals surface area contributed by atoms with Gasteiger partial charge in [-0.05, 0) is 45.5 Å². The van der Waals surface area contributed by atoms with Crippen LogP contribution < -0.4 is 0 Å². The first-order valence-electron chi connectivity index (χ1n) is 8.36. The van der Waals surface area contributed by atoms with Crippen LogP contribution in [0.3, 0.4) is 0 Å². The van der Waals surface area contributed by atoms with E-state index in [0.717, 1.165) is 16.0 Å². The van der Waals surface area contributed by atoms with Crippen LogP contribution in [0.4, 0.5) is 0 Å². The van der Waals surface area contributed by atoms with Gasteiger partial charge in [-0.25, -0.2) is 0 Å². The van der Waals surface area contributed by atoms with Gasteiger partial charge in [0, 0.05) is 56.3 Å². The van der Waals surface area contributed by atoms with E-state index >= 15 is 0 Å². The van der Waals surface area contributed by atoms with Gasteiger partial charge in [0.1, 0.15) is 0 Å². The van der Waals surface area contributed by atoms with Gasteiger partial charge >= 0.3 is 0 Å². The average Bonchev–Trinajstić information content (AvgIpc) is 2.70. The summed E-state index contributed by atoms with van der Waals surface area (Å²) in [6, 6.07) is 35.9. The van der Waals surface area contributed by atoms with Gasteiger partial charge in [-0.1, -0.05) is 91.0 Å². The summed E-state index contributed by atoms with van der Waals surface area (Å²) >= 11 is 4.89. The van der Waals surface area contributed by atoms with Crippen molar-refractivity contribution < 1.29 is 0 Å². The zero-order valence-corrected chi connectivity index (χ0v) is 18.8. The minimum absolute atomic E-state index is 0. The number of hydrogen-bond acceptors (Lipinski definition) is 1. The molecular formula is C24H18KS. The molecule has 0 fully saturated rings. The fourth-order valence-corrected chi connectivity index (χ4v) is 3.49. The third-order valence-electron chi connectivity index (χ3n) is 4.39. The van der Waals surface area contributed by atoms with Gasteiger partial charge in [0.15, 0.2) is 0 Å². The molecule has 2 heteroatoms. The van der Waals surface area contributed by atoms with Gasteiger partial charge in [-0.15, -0.1) is 12.6 Å². The van der Waals surface area contributed by atoms with Crippen LogP contribution in [0.5, 0.6) is 0 Å². The Morgan fingerprint density at radius 1 is 0.423 bits per heavy atom. The van der Waals surface area contributed by atoms with Gasteiger partial charge in [-0.2, -0.15) is 0 Å². The van der Waals surface area contributed by atoms with Crippen molar-refractivity contribution in [1.29, 1.82) is 0 Å². The van der Waals surface area contributed by atoms with E-state index in [-0.39, 0.29) is 51.4 Å². The zero-order valence-electron chi connectivity index (χ0n) is 14.8. The van der Waals surface area contributed by atoms with Crippen molar-refractivity contribution in [3.05, 3.63) is 103 Å². The maximum atomic E-state index is 4.89. The predicted molar refractivity (Wildman–Crippen MR) is 116 cm³/mol. The number of rotatable bonds is 3. The smallest absolute Gasteiger partial charge is 0.0198 e. The third kappa shape index (κ3) is 4.23. The molecule has 1 radical (unpaired) electrons. The molecule has 0 aliphatic carbocycles. The van der Waals surface area contributed by atoms with Gasteiger partial charge in [-0.3, -0.25) is 0 Å². The average molecular weight is 378 g/mol. The molecule has 0 N–H and O–H groups in total. The number of thiol groups is 1. The molecule has 0 saturated carbocycles. The summed E-state index contributed by atoms with van der Waals surface area (Å²) in [5.74, 6) is 0. The molecule has 0 aromatic heterocycles. The molecule has 0 saturated heterocycles. The first-order valence-corrected chi connectivity index (χ1v) is 8.81. The second-order valence-electron chi connectivity index (χ2n) is 6.02. The summed E-state index contributed by atoms with van der Waals surface area (Å²) < 4.78 is 0. The van der Waals surface area contributed by atoms with Crippen LogP contribution in [0.2, 0.25) is 0 Å². The summed E-state index contributed by atoms with van der Waals surface area (Å²) in [6.45, 7) is 0. The largest absolute Gasteiger partial charge is 0.142 e. The summed E-state index contributed by atoms with van der Waals surface area (Å²) in [7, 11) is 0. The normalized spacial score (nSPS) is 10.2. The van der Waals surface area contributed by atoms with Crippen LogP contribution in [-0.4, -0.2) is 51.4 Å². The van der Waals surface area contributed by atoms with Crippen LogP contribution in [0.25, 0.3) is 33.4 Å². The van der Waals surface area contributed by atoms with Crippen molar-refractivity contribution in [3.63, 3.8) is 0 Å². The van der Waals surface area contributed by atoms with Gasteiger partial charge in [0.05, 0.1) is 0 Å². The van der Waals surface area contributed by atoms with E-state index in [0.29, 0.717) is 0 Å². The zero-order chi connectivity index (χ0) is 17.1. The summed E-state index contributed by atoms with van der Waals surface area (Å²) in [5, 5.41) is 0. The van der Waals surface area contributed by atoms with Crippen molar-refractivity contribution in [2.45, 2.75) is 4.90 Å². The SMILES string of the molecule is Sc1c(-c2ccccc2)cc(-c2ccccc2)cc1-c1ccccc1.[K]. The molecule has 0 aliphatic heterocycles. The van der Waals surface area contributed by atoms with Crippen molar-refractivity contribution in [3.8, 4) is 33.4 Å². The second-order valence-corrected chi connectivity index (χ2v) is 6.47. The Hall–Kier alpha value is -1.13. The van der Waals surface area contributed by atoms with Gasteiger partial charge in [0.2, 0.25) is 0 Å². The molecule has 0 spiro atoms. The van der Waals surface area contributed by atoms with Crippen molar-refractivity contribution >= 4 is 64.0 Å².